The Hall–Kier alpha value is -0.650. The van der Waals surface area contributed by atoms with Crippen molar-refractivity contribution in [3.8, 4) is 0 Å². The molecule has 3 N–H and O–H groups in total. The SMILES string of the molecule is CC[C@@H](N)C(=O)NCC1COC(C)(C)O1. The molecule has 0 bridgehead atoms. The van der Waals surface area contributed by atoms with Crippen LogP contribution in [0.3, 0.4) is 0 Å². The molecule has 5 heteroatoms. The summed E-state index contributed by atoms with van der Waals surface area (Å²) in [5.41, 5.74) is 5.57. The van der Waals surface area contributed by atoms with Crippen LogP contribution in [0.25, 0.3) is 0 Å². The summed E-state index contributed by atoms with van der Waals surface area (Å²) in [6.07, 6.45) is 0.562. The maximum Gasteiger partial charge on any atom is 0.236 e. The first kappa shape index (κ1) is 12.4. The molecule has 1 saturated heterocycles. The minimum absolute atomic E-state index is 0.0759. The molecule has 0 aromatic carbocycles. The molecule has 0 spiro atoms. The molecule has 15 heavy (non-hydrogen) atoms. The van der Waals surface area contributed by atoms with E-state index in [0.717, 1.165) is 0 Å². The van der Waals surface area contributed by atoms with E-state index in [1.165, 1.54) is 0 Å². The maximum absolute atomic E-state index is 11.4. The van der Waals surface area contributed by atoms with Crippen molar-refractivity contribution in [3.63, 3.8) is 0 Å². The summed E-state index contributed by atoms with van der Waals surface area (Å²) in [6.45, 7) is 6.55. The number of carbonyl (C=O) groups is 1. The van der Waals surface area contributed by atoms with Crippen LogP contribution in [-0.4, -0.2) is 37.0 Å². The van der Waals surface area contributed by atoms with Gasteiger partial charge in [0.2, 0.25) is 5.91 Å². The predicted octanol–water partition coefficient (Wildman–Crippen LogP) is -0.00860. The lowest BCUT2D eigenvalue weighted by molar-refractivity contribution is -0.139. The molecule has 1 fully saturated rings. The van der Waals surface area contributed by atoms with Crippen molar-refractivity contribution >= 4 is 5.91 Å². The quantitative estimate of drug-likeness (QED) is 0.693. The molecule has 5 nitrogen and oxygen atoms in total. The Kier molecular flexibility index (Phi) is 4.07. The molecule has 1 amide bonds. The number of rotatable bonds is 4. The van der Waals surface area contributed by atoms with E-state index in [0.29, 0.717) is 19.6 Å². The molecule has 1 aliphatic rings. The van der Waals surface area contributed by atoms with Crippen molar-refractivity contribution in [1.29, 1.82) is 0 Å². The average Bonchev–Trinajstić information content (AvgIpc) is 2.53. The van der Waals surface area contributed by atoms with Gasteiger partial charge in [-0.15, -0.1) is 0 Å². The van der Waals surface area contributed by atoms with E-state index < -0.39 is 11.8 Å². The Labute approximate surface area is 90.3 Å². The zero-order valence-electron chi connectivity index (χ0n) is 9.58. The number of hydrogen-bond donors (Lipinski definition) is 2. The van der Waals surface area contributed by atoms with Crippen molar-refractivity contribution in [1.82, 2.24) is 5.32 Å². The Bertz CT molecular complexity index is 231. The van der Waals surface area contributed by atoms with Crippen molar-refractivity contribution in [2.45, 2.75) is 45.1 Å². The number of ether oxygens (including phenoxy) is 2. The van der Waals surface area contributed by atoms with E-state index in [-0.39, 0.29) is 12.0 Å². The Morgan fingerprint density at radius 3 is 2.80 bits per heavy atom. The van der Waals surface area contributed by atoms with Gasteiger partial charge in [0.25, 0.3) is 0 Å². The van der Waals surface area contributed by atoms with Crippen LogP contribution in [0.5, 0.6) is 0 Å². The lowest BCUT2D eigenvalue weighted by atomic mass is 10.2. The second kappa shape index (κ2) is 4.92. The summed E-state index contributed by atoms with van der Waals surface area (Å²) in [5.74, 6) is -0.673. The molecule has 0 aliphatic carbocycles. The first-order valence-corrected chi connectivity index (χ1v) is 5.29. The summed E-state index contributed by atoms with van der Waals surface area (Å²) < 4.78 is 10.9. The van der Waals surface area contributed by atoms with Gasteiger partial charge in [-0.2, -0.15) is 0 Å². The van der Waals surface area contributed by atoms with Gasteiger partial charge < -0.3 is 20.5 Å². The van der Waals surface area contributed by atoms with Crippen LogP contribution in [0.1, 0.15) is 27.2 Å². The number of amides is 1. The van der Waals surface area contributed by atoms with Crippen LogP contribution < -0.4 is 11.1 Å². The lowest BCUT2D eigenvalue weighted by Crippen LogP contribution is -2.43. The highest BCUT2D eigenvalue weighted by Gasteiger charge is 2.32. The molecule has 0 radical (unpaired) electrons. The second-order valence-corrected chi connectivity index (χ2v) is 4.21. The van der Waals surface area contributed by atoms with Crippen LogP contribution in [0.2, 0.25) is 0 Å². The topological polar surface area (TPSA) is 73.6 Å². The molecule has 0 saturated carbocycles. The molecule has 1 rings (SSSR count). The Morgan fingerprint density at radius 1 is 1.67 bits per heavy atom. The minimum Gasteiger partial charge on any atom is -0.352 e. The summed E-state index contributed by atoms with van der Waals surface area (Å²) in [7, 11) is 0. The van der Waals surface area contributed by atoms with E-state index in [1.807, 2.05) is 20.8 Å². The van der Waals surface area contributed by atoms with Gasteiger partial charge in [0.05, 0.1) is 12.6 Å². The first-order valence-electron chi connectivity index (χ1n) is 5.29. The molecule has 2 atom stereocenters. The molecular weight excluding hydrogens is 196 g/mol. The van der Waals surface area contributed by atoms with Crippen molar-refractivity contribution < 1.29 is 14.3 Å². The normalized spacial score (nSPS) is 26.3. The van der Waals surface area contributed by atoms with E-state index in [1.54, 1.807) is 0 Å². The average molecular weight is 216 g/mol. The van der Waals surface area contributed by atoms with Crippen LogP contribution in [0, 0.1) is 0 Å². The number of nitrogens with two attached hydrogens (primary N) is 1. The third kappa shape index (κ3) is 3.77. The minimum atomic E-state index is -0.539. The zero-order valence-corrected chi connectivity index (χ0v) is 9.58. The van der Waals surface area contributed by atoms with Gasteiger partial charge in [-0.25, -0.2) is 0 Å². The molecule has 1 heterocycles. The van der Waals surface area contributed by atoms with Crippen molar-refractivity contribution in [3.05, 3.63) is 0 Å². The van der Waals surface area contributed by atoms with E-state index in [4.69, 9.17) is 15.2 Å². The molecule has 0 aromatic heterocycles. The smallest absolute Gasteiger partial charge is 0.236 e. The fourth-order valence-corrected chi connectivity index (χ4v) is 1.39. The summed E-state index contributed by atoms with van der Waals surface area (Å²) in [5, 5.41) is 2.74. The fourth-order valence-electron chi connectivity index (χ4n) is 1.39. The summed E-state index contributed by atoms with van der Waals surface area (Å²) in [6, 6.07) is -0.430. The number of nitrogens with one attached hydrogen (secondary N) is 1. The molecule has 1 aliphatic heterocycles. The monoisotopic (exact) mass is 216 g/mol. The third-order valence-electron chi connectivity index (χ3n) is 2.35. The zero-order chi connectivity index (χ0) is 11.5. The van der Waals surface area contributed by atoms with E-state index in [9.17, 15) is 4.79 Å². The standard InChI is InChI=1S/C10H20N2O3/c1-4-8(11)9(13)12-5-7-6-14-10(2,3)15-7/h7-8H,4-6,11H2,1-3H3,(H,12,13)/t7?,8-/m1/s1. The highest BCUT2D eigenvalue weighted by atomic mass is 16.7. The van der Waals surface area contributed by atoms with Crippen molar-refractivity contribution in [2.75, 3.05) is 13.2 Å². The Balaban J connectivity index is 2.24. The van der Waals surface area contributed by atoms with E-state index >= 15 is 0 Å². The predicted molar refractivity (Wildman–Crippen MR) is 56.2 cm³/mol. The van der Waals surface area contributed by atoms with Crippen LogP contribution in [0.4, 0.5) is 0 Å². The van der Waals surface area contributed by atoms with E-state index in [2.05, 4.69) is 5.32 Å². The van der Waals surface area contributed by atoms with Gasteiger partial charge in [0, 0.05) is 6.54 Å². The van der Waals surface area contributed by atoms with Crippen LogP contribution >= 0.6 is 0 Å². The lowest BCUT2D eigenvalue weighted by Gasteiger charge is -2.17. The van der Waals surface area contributed by atoms with Crippen molar-refractivity contribution in [2.24, 2.45) is 5.73 Å². The molecule has 88 valence electrons. The van der Waals surface area contributed by atoms with Gasteiger partial charge in [-0.3, -0.25) is 4.79 Å². The number of hydrogen-bond acceptors (Lipinski definition) is 4. The molecule has 0 aromatic rings. The van der Waals surface area contributed by atoms with Crippen LogP contribution in [-0.2, 0) is 14.3 Å². The Morgan fingerprint density at radius 2 is 2.33 bits per heavy atom. The number of carbonyl (C=O) groups excluding carboxylic acids is 1. The van der Waals surface area contributed by atoms with Crippen LogP contribution in [0.15, 0.2) is 0 Å². The van der Waals surface area contributed by atoms with Gasteiger partial charge in [0.1, 0.15) is 6.10 Å². The third-order valence-corrected chi connectivity index (χ3v) is 2.35. The molecular formula is C10H20N2O3. The van der Waals surface area contributed by atoms with Gasteiger partial charge in [0.15, 0.2) is 5.79 Å². The summed E-state index contributed by atoms with van der Waals surface area (Å²) in [4.78, 5) is 11.4. The van der Waals surface area contributed by atoms with Gasteiger partial charge in [-0.1, -0.05) is 6.92 Å². The van der Waals surface area contributed by atoms with Gasteiger partial charge >= 0.3 is 0 Å². The molecule has 1 unspecified atom stereocenters. The first-order chi connectivity index (χ1) is 6.94. The largest absolute Gasteiger partial charge is 0.352 e. The second-order valence-electron chi connectivity index (χ2n) is 4.21. The highest BCUT2D eigenvalue weighted by molar-refractivity contribution is 5.81. The summed E-state index contributed by atoms with van der Waals surface area (Å²) >= 11 is 0. The highest BCUT2D eigenvalue weighted by Crippen LogP contribution is 2.21. The fraction of sp³-hybridized carbons (Fsp3) is 0.900. The van der Waals surface area contributed by atoms with Gasteiger partial charge in [-0.05, 0) is 20.3 Å². The maximum atomic E-state index is 11.4.